The summed E-state index contributed by atoms with van der Waals surface area (Å²) in [5, 5.41) is 0. The summed E-state index contributed by atoms with van der Waals surface area (Å²) >= 11 is 1.85. The molecule has 0 saturated carbocycles. The molecule has 0 radical (unpaired) electrons. The Bertz CT molecular complexity index is 508. The maximum atomic E-state index is 2.47. The molecule has 0 heterocycles. The van der Waals surface area contributed by atoms with E-state index >= 15 is 0 Å². The van der Waals surface area contributed by atoms with Crippen LogP contribution < -0.4 is 0 Å². The lowest BCUT2D eigenvalue weighted by molar-refractivity contribution is 0.394. The summed E-state index contributed by atoms with van der Waals surface area (Å²) in [7, 11) is 0. The molecular formula is C16H18S. The van der Waals surface area contributed by atoms with Gasteiger partial charge in [0.25, 0.3) is 0 Å². The third-order valence-corrected chi connectivity index (χ3v) is 5.03. The minimum atomic E-state index is 0.257. The van der Waals surface area contributed by atoms with Crippen molar-refractivity contribution in [1.29, 1.82) is 0 Å². The van der Waals surface area contributed by atoms with Crippen molar-refractivity contribution in [2.75, 3.05) is 6.26 Å². The Kier molecular flexibility index (Phi) is 2.48. The fourth-order valence-electron chi connectivity index (χ4n) is 3.30. The van der Waals surface area contributed by atoms with Gasteiger partial charge in [0.05, 0.1) is 0 Å². The maximum absolute atomic E-state index is 2.47. The first-order valence-corrected chi connectivity index (χ1v) is 7.40. The molecule has 0 aromatic heterocycles. The van der Waals surface area contributed by atoms with Crippen LogP contribution in [0.3, 0.4) is 0 Å². The monoisotopic (exact) mass is 242 g/mol. The molecule has 88 valence electrons. The van der Waals surface area contributed by atoms with E-state index in [1.54, 1.807) is 0 Å². The highest BCUT2D eigenvalue weighted by Gasteiger charge is 2.44. The van der Waals surface area contributed by atoms with Gasteiger partial charge in [0, 0.05) is 10.8 Å². The summed E-state index contributed by atoms with van der Waals surface area (Å²) in [5.41, 5.74) is 3.31. The minimum Gasteiger partial charge on any atom is -0.130 e. The first kappa shape index (κ1) is 11.2. The van der Waals surface area contributed by atoms with Crippen LogP contribution in [-0.2, 0) is 5.41 Å². The fourth-order valence-corrected chi connectivity index (χ4v) is 3.80. The average molecular weight is 242 g/mol. The van der Waals surface area contributed by atoms with E-state index in [-0.39, 0.29) is 5.41 Å². The van der Waals surface area contributed by atoms with E-state index in [0.29, 0.717) is 11.8 Å². The molecule has 0 amide bonds. The van der Waals surface area contributed by atoms with Gasteiger partial charge in [-0.05, 0) is 28.7 Å². The Morgan fingerprint density at radius 2 is 1.94 bits per heavy atom. The molecule has 17 heavy (non-hydrogen) atoms. The van der Waals surface area contributed by atoms with Gasteiger partial charge in [-0.25, -0.2) is 0 Å². The van der Waals surface area contributed by atoms with Crippen LogP contribution in [0.15, 0.2) is 47.4 Å². The van der Waals surface area contributed by atoms with Crippen LogP contribution in [0, 0.1) is 5.92 Å². The molecule has 0 fully saturated rings. The number of hydrogen-bond acceptors (Lipinski definition) is 1. The topological polar surface area (TPSA) is 0 Å². The van der Waals surface area contributed by atoms with Gasteiger partial charge in [0.1, 0.15) is 0 Å². The largest absolute Gasteiger partial charge is 0.130 e. The van der Waals surface area contributed by atoms with E-state index in [4.69, 9.17) is 0 Å². The number of fused-ring (bicyclic) bond motifs is 3. The molecule has 2 unspecified atom stereocenters. The highest BCUT2D eigenvalue weighted by Crippen LogP contribution is 2.53. The van der Waals surface area contributed by atoms with Crippen LogP contribution in [0.25, 0.3) is 0 Å². The van der Waals surface area contributed by atoms with E-state index in [2.05, 4.69) is 62.6 Å². The van der Waals surface area contributed by atoms with E-state index in [1.807, 2.05) is 11.8 Å². The third-order valence-electron chi connectivity index (χ3n) is 4.28. The summed E-state index contributed by atoms with van der Waals surface area (Å²) in [6, 6.07) is 8.93. The zero-order valence-corrected chi connectivity index (χ0v) is 11.4. The second-order valence-corrected chi connectivity index (χ2v) is 6.37. The zero-order valence-electron chi connectivity index (χ0n) is 10.6. The summed E-state index contributed by atoms with van der Waals surface area (Å²) in [6.45, 7) is 4.76. The molecule has 2 atom stereocenters. The van der Waals surface area contributed by atoms with Gasteiger partial charge in [0.2, 0.25) is 0 Å². The van der Waals surface area contributed by atoms with E-state index in [1.165, 1.54) is 16.0 Å². The Morgan fingerprint density at radius 1 is 1.18 bits per heavy atom. The molecule has 2 aliphatic carbocycles. The van der Waals surface area contributed by atoms with Crippen LogP contribution in [0.5, 0.6) is 0 Å². The van der Waals surface area contributed by atoms with Gasteiger partial charge >= 0.3 is 0 Å². The van der Waals surface area contributed by atoms with Crippen molar-refractivity contribution < 1.29 is 0 Å². The van der Waals surface area contributed by atoms with Gasteiger partial charge in [-0.15, -0.1) is 11.8 Å². The van der Waals surface area contributed by atoms with Crippen LogP contribution in [0.2, 0.25) is 0 Å². The lowest BCUT2D eigenvalue weighted by Gasteiger charge is -2.30. The molecule has 0 aliphatic heterocycles. The second-order valence-electron chi connectivity index (χ2n) is 5.49. The zero-order chi connectivity index (χ0) is 12.0. The van der Waals surface area contributed by atoms with Crippen molar-refractivity contribution in [2.45, 2.75) is 25.2 Å². The van der Waals surface area contributed by atoms with Crippen LogP contribution in [0.1, 0.15) is 30.9 Å². The van der Waals surface area contributed by atoms with Crippen molar-refractivity contribution >= 4 is 11.8 Å². The Hall–Kier alpha value is -0.950. The molecule has 1 aromatic carbocycles. The molecule has 0 spiro atoms. The predicted molar refractivity (Wildman–Crippen MR) is 76.4 cm³/mol. The number of thioether (sulfide) groups is 1. The minimum absolute atomic E-state index is 0.257. The lowest BCUT2D eigenvalue weighted by atomic mass is 9.74. The summed E-state index contributed by atoms with van der Waals surface area (Å²) in [6.07, 6.45) is 9.30. The van der Waals surface area contributed by atoms with E-state index in [9.17, 15) is 0 Å². The van der Waals surface area contributed by atoms with Crippen molar-refractivity contribution in [3.63, 3.8) is 0 Å². The Labute approximate surface area is 108 Å². The van der Waals surface area contributed by atoms with Crippen molar-refractivity contribution in [1.82, 2.24) is 0 Å². The number of hydrogen-bond donors (Lipinski definition) is 0. The van der Waals surface area contributed by atoms with E-state index in [0.717, 1.165) is 0 Å². The molecule has 0 N–H and O–H groups in total. The first-order chi connectivity index (χ1) is 8.14. The lowest BCUT2D eigenvalue weighted by Crippen LogP contribution is -2.25. The molecule has 3 rings (SSSR count). The van der Waals surface area contributed by atoms with Crippen LogP contribution >= 0.6 is 11.8 Å². The summed E-state index contributed by atoms with van der Waals surface area (Å²) in [4.78, 5) is 1.41. The number of benzene rings is 1. The summed E-state index contributed by atoms with van der Waals surface area (Å²) in [5.74, 6) is 1.20. The number of allylic oxidation sites excluding steroid dienone is 3. The smallest absolute Gasteiger partial charge is 0.00961 e. The number of rotatable bonds is 1. The van der Waals surface area contributed by atoms with Crippen LogP contribution in [-0.4, -0.2) is 6.26 Å². The van der Waals surface area contributed by atoms with Gasteiger partial charge in [0.15, 0.2) is 0 Å². The third kappa shape index (κ3) is 1.52. The van der Waals surface area contributed by atoms with Crippen molar-refractivity contribution in [3.05, 3.63) is 58.5 Å². The quantitative estimate of drug-likeness (QED) is 0.699. The normalized spacial score (nSPS) is 28.5. The van der Waals surface area contributed by atoms with Crippen LogP contribution in [0.4, 0.5) is 0 Å². The van der Waals surface area contributed by atoms with Gasteiger partial charge in [-0.2, -0.15) is 0 Å². The second kappa shape index (κ2) is 3.78. The predicted octanol–water partition coefficient (Wildman–Crippen LogP) is 4.49. The van der Waals surface area contributed by atoms with Crippen molar-refractivity contribution in [2.24, 2.45) is 5.92 Å². The highest BCUT2D eigenvalue weighted by molar-refractivity contribution is 8.02. The average Bonchev–Trinajstić information content (AvgIpc) is 2.59. The van der Waals surface area contributed by atoms with E-state index < -0.39 is 0 Å². The molecule has 1 aromatic rings. The highest BCUT2D eigenvalue weighted by atomic mass is 32.2. The van der Waals surface area contributed by atoms with Gasteiger partial charge in [-0.1, -0.05) is 56.3 Å². The SMILES string of the molecule is CSC1=CC2C(C=C1)c1ccccc1C2(C)C. The Balaban J connectivity index is 2.14. The molecule has 2 aliphatic rings. The summed E-state index contributed by atoms with van der Waals surface area (Å²) < 4.78 is 0. The molecule has 1 heteroatoms. The maximum Gasteiger partial charge on any atom is 0.00961 e. The first-order valence-electron chi connectivity index (χ1n) is 6.18. The molecular weight excluding hydrogens is 224 g/mol. The standard InChI is InChI=1S/C16H18S/c1-16(2)14-7-5-4-6-12(14)13-9-8-11(17-3)10-15(13)16/h4-10,13,15H,1-3H3. The molecule has 0 bridgehead atoms. The van der Waals surface area contributed by atoms with Gasteiger partial charge < -0.3 is 0 Å². The molecule has 0 saturated heterocycles. The Morgan fingerprint density at radius 3 is 2.71 bits per heavy atom. The van der Waals surface area contributed by atoms with Gasteiger partial charge in [-0.3, -0.25) is 0 Å². The van der Waals surface area contributed by atoms with Crippen molar-refractivity contribution in [3.8, 4) is 0 Å². The fraction of sp³-hybridized carbons (Fsp3) is 0.375. The molecule has 0 nitrogen and oxygen atoms in total.